The van der Waals surface area contributed by atoms with Gasteiger partial charge in [0.05, 0.1) is 26.0 Å². The summed E-state index contributed by atoms with van der Waals surface area (Å²) in [4.78, 5) is 0. The molecule has 5 nitrogen and oxygen atoms in total. The van der Waals surface area contributed by atoms with Crippen molar-refractivity contribution in [3.05, 3.63) is 24.3 Å². The van der Waals surface area contributed by atoms with E-state index in [1.54, 1.807) is 7.11 Å². The summed E-state index contributed by atoms with van der Waals surface area (Å²) in [5.41, 5.74) is 5.23. The topological polar surface area (TPSA) is 52.1 Å². The Morgan fingerprint density at radius 3 is 2.35 bits per heavy atom. The van der Waals surface area contributed by atoms with Gasteiger partial charge in [0.1, 0.15) is 5.75 Å². The van der Waals surface area contributed by atoms with E-state index in [4.69, 9.17) is 14.2 Å². The minimum atomic E-state index is -0.320. The van der Waals surface area contributed by atoms with E-state index in [1.807, 2.05) is 24.3 Å². The van der Waals surface area contributed by atoms with Crippen LogP contribution in [0.5, 0.6) is 5.75 Å². The molecule has 1 aromatic carbocycles. The lowest BCUT2D eigenvalue weighted by molar-refractivity contribution is -0.167. The molecule has 20 heavy (non-hydrogen) atoms. The zero-order valence-electron chi connectivity index (χ0n) is 11.7. The summed E-state index contributed by atoms with van der Waals surface area (Å²) in [6, 6.07) is 7.74. The van der Waals surface area contributed by atoms with Gasteiger partial charge in [0.2, 0.25) is 0 Å². The van der Waals surface area contributed by atoms with Crippen LogP contribution >= 0.6 is 0 Å². The van der Waals surface area contributed by atoms with Gasteiger partial charge in [-0.1, -0.05) is 0 Å². The summed E-state index contributed by atoms with van der Waals surface area (Å²) in [7, 11) is 1.66. The Hall–Kier alpha value is -1.59. The van der Waals surface area contributed by atoms with Crippen LogP contribution in [0.1, 0.15) is 25.7 Å². The summed E-state index contributed by atoms with van der Waals surface area (Å²) in [5, 5.41) is 4.48. The standard InChI is InChI=1S/C15H20N2O3/c1-18-14-4-2-12(3-5-14)16-17-13-6-8-15(9-7-13)19-10-11-20-15/h2-5,16H,6-11H2,1H3. The smallest absolute Gasteiger partial charge is 0.169 e. The van der Waals surface area contributed by atoms with Crippen molar-refractivity contribution in [2.24, 2.45) is 5.10 Å². The monoisotopic (exact) mass is 276 g/mol. The Morgan fingerprint density at radius 2 is 1.75 bits per heavy atom. The maximum absolute atomic E-state index is 5.71. The minimum absolute atomic E-state index is 0.320. The van der Waals surface area contributed by atoms with Crippen LogP contribution in [-0.4, -0.2) is 31.8 Å². The van der Waals surface area contributed by atoms with Crippen molar-refractivity contribution in [3.63, 3.8) is 0 Å². The van der Waals surface area contributed by atoms with Gasteiger partial charge in [0, 0.05) is 18.6 Å². The molecule has 1 aliphatic heterocycles. The third-order valence-corrected chi connectivity index (χ3v) is 3.84. The number of nitrogens with one attached hydrogen (secondary N) is 1. The molecule has 3 rings (SSSR count). The largest absolute Gasteiger partial charge is 0.497 e. The zero-order chi connectivity index (χ0) is 13.8. The number of benzene rings is 1. The number of hydrogen-bond donors (Lipinski definition) is 1. The van der Waals surface area contributed by atoms with Gasteiger partial charge in [-0.05, 0) is 37.1 Å². The second kappa shape index (κ2) is 5.81. The van der Waals surface area contributed by atoms with Crippen LogP contribution < -0.4 is 10.2 Å². The van der Waals surface area contributed by atoms with Crippen LogP contribution in [0.3, 0.4) is 0 Å². The average molecular weight is 276 g/mol. The Bertz CT molecular complexity index is 466. The maximum Gasteiger partial charge on any atom is 0.169 e. The van der Waals surface area contributed by atoms with Crippen molar-refractivity contribution < 1.29 is 14.2 Å². The van der Waals surface area contributed by atoms with E-state index in [9.17, 15) is 0 Å². The molecule has 0 radical (unpaired) electrons. The van der Waals surface area contributed by atoms with Crippen molar-refractivity contribution in [3.8, 4) is 5.75 Å². The summed E-state index contributed by atoms with van der Waals surface area (Å²) in [5.74, 6) is 0.525. The SMILES string of the molecule is COc1ccc(NN=C2CCC3(CC2)OCCO3)cc1. The van der Waals surface area contributed by atoms with E-state index in [-0.39, 0.29) is 5.79 Å². The lowest BCUT2D eigenvalue weighted by Crippen LogP contribution is -2.35. The number of nitrogens with zero attached hydrogens (tertiary/aromatic N) is 1. The van der Waals surface area contributed by atoms with Gasteiger partial charge in [0.25, 0.3) is 0 Å². The highest BCUT2D eigenvalue weighted by Gasteiger charge is 2.39. The third-order valence-electron chi connectivity index (χ3n) is 3.84. The molecule has 5 heteroatoms. The minimum Gasteiger partial charge on any atom is -0.497 e. The summed E-state index contributed by atoms with van der Waals surface area (Å²) in [6.07, 6.45) is 3.64. The van der Waals surface area contributed by atoms with E-state index >= 15 is 0 Å². The lowest BCUT2D eigenvalue weighted by atomic mass is 9.92. The molecule has 1 heterocycles. The number of ether oxygens (including phenoxy) is 3. The molecular formula is C15H20N2O3. The maximum atomic E-state index is 5.71. The fourth-order valence-corrected chi connectivity index (χ4v) is 2.63. The molecule has 1 N–H and O–H groups in total. The fraction of sp³-hybridized carbons (Fsp3) is 0.533. The summed E-state index contributed by atoms with van der Waals surface area (Å²) >= 11 is 0. The highest BCUT2D eigenvalue weighted by molar-refractivity contribution is 5.86. The van der Waals surface area contributed by atoms with Crippen LogP contribution in [0.4, 0.5) is 5.69 Å². The van der Waals surface area contributed by atoms with Gasteiger partial charge in [-0.2, -0.15) is 5.10 Å². The van der Waals surface area contributed by atoms with Crippen LogP contribution in [0.2, 0.25) is 0 Å². The van der Waals surface area contributed by atoms with E-state index in [2.05, 4.69) is 10.5 Å². The second-order valence-corrected chi connectivity index (χ2v) is 5.13. The molecule has 1 aromatic rings. The molecule has 0 atom stereocenters. The van der Waals surface area contributed by atoms with Gasteiger partial charge in [0.15, 0.2) is 5.79 Å². The molecule has 2 aliphatic rings. The first-order chi connectivity index (χ1) is 9.80. The molecule has 1 saturated carbocycles. The normalized spacial score (nSPS) is 20.9. The van der Waals surface area contributed by atoms with Crippen molar-refractivity contribution in [1.82, 2.24) is 0 Å². The zero-order valence-corrected chi connectivity index (χ0v) is 11.7. The van der Waals surface area contributed by atoms with E-state index in [0.29, 0.717) is 0 Å². The number of rotatable bonds is 3. The number of hydrogen-bond acceptors (Lipinski definition) is 5. The lowest BCUT2D eigenvalue weighted by Gasteiger charge is -2.31. The van der Waals surface area contributed by atoms with Crippen LogP contribution in [0, 0.1) is 0 Å². The average Bonchev–Trinajstić information content (AvgIpc) is 2.96. The van der Waals surface area contributed by atoms with Gasteiger partial charge >= 0.3 is 0 Å². The molecule has 108 valence electrons. The van der Waals surface area contributed by atoms with Crippen molar-refractivity contribution in [1.29, 1.82) is 0 Å². The second-order valence-electron chi connectivity index (χ2n) is 5.13. The van der Waals surface area contributed by atoms with Gasteiger partial charge in [-0.3, -0.25) is 5.43 Å². The Morgan fingerprint density at radius 1 is 1.10 bits per heavy atom. The van der Waals surface area contributed by atoms with E-state index in [1.165, 1.54) is 5.71 Å². The Balaban J connectivity index is 1.54. The molecule has 1 spiro atoms. The molecule has 0 unspecified atom stereocenters. The quantitative estimate of drug-likeness (QED) is 0.862. The molecule has 0 amide bonds. The number of methoxy groups -OCH3 is 1. The molecule has 1 aliphatic carbocycles. The molecule has 0 bridgehead atoms. The van der Waals surface area contributed by atoms with E-state index < -0.39 is 0 Å². The first kappa shape index (κ1) is 13.4. The molecule has 1 saturated heterocycles. The Labute approximate surface area is 118 Å². The van der Waals surface area contributed by atoms with Gasteiger partial charge < -0.3 is 14.2 Å². The third kappa shape index (κ3) is 2.94. The van der Waals surface area contributed by atoms with Crippen LogP contribution in [0.15, 0.2) is 29.4 Å². The number of anilines is 1. The van der Waals surface area contributed by atoms with Crippen molar-refractivity contribution >= 4 is 11.4 Å². The van der Waals surface area contributed by atoms with E-state index in [0.717, 1.165) is 50.3 Å². The highest BCUT2D eigenvalue weighted by atomic mass is 16.7. The molecule has 0 aromatic heterocycles. The predicted molar refractivity (Wildman–Crippen MR) is 77.2 cm³/mol. The Kier molecular flexibility index (Phi) is 3.89. The predicted octanol–water partition coefficient (Wildman–Crippen LogP) is 2.78. The van der Waals surface area contributed by atoms with Crippen LogP contribution in [0.25, 0.3) is 0 Å². The van der Waals surface area contributed by atoms with Crippen molar-refractivity contribution in [2.45, 2.75) is 31.5 Å². The van der Waals surface area contributed by atoms with Crippen molar-refractivity contribution in [2.75, 3.05) is 25.7 Å². The fourth-order valence-electron chi connectivity index (χ4n) is 2.63. The summed E-state index contributed by atoms with van der Waals surface area (Å²) < 4.78 is 16.5. The molecular weight excluding hydrogens is 256 g/mol. The van der Waals surface area contributed by atoms with Gasteiger partial charge in [-0.25, -0.2) is 0 Å². The first-order valence-electron chi connectivity index (χ1n) is 7.03. The highest BCUT2D eigenvalue weighted by Crippen LogP contribution is 2.34. The van der Waals surface area contributed by atoms with Crippen LogP contribution in [-0.2, 0) is 9.47 Å². The molecule has 2 fully saturated rings. The summed E-state index contributed by atoms with van der Waals surface area (Å²) in [6.45, 7) is 1.44. The first-order valence-corrected chi connectivity index (χ1v) is 7.03. The number of hydrazone groups is 1. The van der Waals surface area contributed by atoms with Gasteiger partial charge in [-0.15, -0.1) is 0 Å².